The molecule has 0 saturated heterocycles. The highest BCUT2D eigenvalue weighted by atomic mass is 35.5. The molecule has 0 N–H and O–H groups in total. The number of carbonyl (C=O) groups is 1. The van der Waals surface area contributed by atoms with E-state index in [9.17, 15) is 4.79 Å². The Morgan fingerprint density at radius 1 is 1.18 bits per heavy atom. The Kier molecular flexibility index (Phi) is 4.61. The molecule has 0 spiro atoms. The standard InChI is InChI=1S/C17H13ClN2OS/c18-13-5-3-12(4-6-13)10-14(15-11-19-7-8-20-15)17(21)16-2-1-9-22-16/h1-9,11,14H,10H2. The molecule has 1 aromatic carbocycles. The lowest BCUT2D eigenvalue weighted by Gasteiger charge is -2.14. The first kappa shape index (κ1) is 14.9. The van der Waals surface area contributed by atoms with E-state index in [0.717, 1.165) is 10.4 Å². The fraction of sp³-hybridized carbons (Fsp3) is 0.118. The summed E-state index contributed by atoms with van der Waals surface area (Å²) in [7, 11) is 0. The fourth-order valence-corrected chi connectivity index (χ4v) is 3.11. The Labute approximate surface area is 137 Å². The topological polar surface area (TPSA) is 42.9 Å². The van der Waals surface area contributed by atoms with E-state index in [1.807, 2.05) is 41.8 Å². The van der Waals surface area contributed by atoms with Crippen LogP contribution in [0.2, 0.25) is 5.02 Å². The van der Waals surface area contributed by atoms with Crippen molar-refractivity contribution in [3.05, 3.63) is 81.5 Å². The minimum Gasteiger partial charge on any atom is -0.293 e. The van der Waals surface area contributed by atoms with Gasteiger partial charge in [0.25, 0.3) is 0 Å². The number of benzene rings is 1. The van der Waals surface area contributed by atoms with Gasteiger partial charge in [0, 0.05) is 23.6 Å². The third-order valence-corrected chi connectivity index (χ3v) is 4.51. The monoisotopic (exact) mass is 328 g/mol. The molecule has 0 aliphatic heterocycles. The van der Waals surface area contributed by atoms with Crippen LogP contribution in [0.3, 0.4) is 0 Å². The van der Waals surface area contributed by atoms with Crippen LogP contribution in [0.5, 0.6) is 0 Å². The molecule has 22 heavy (non-hydrogen) atoms. The minimum atomic E-state index is -0.339. The van der Waals surface area contributed by atoms with E-state index in [2.05, 4.69) is 9.97 Å². The van der Waals surface area contributed by atoms with E-state index in [-0.39, 0.29) is 11.7 Å². The van der Waals surface area contributed by atoms with Crippen LogP contribution in [0.25, 0.3) is 0 Å². The first-order valence-corrected chi connectivity index (χ1v) is 8.08. The van der Waals surface area contributed by atoms with Crippen molar-refractivity contribution in [2.24, 2.45) is 0 Å². The molecule has 0 bridgehead atoms. The van der Waals surface area contributed by atoms with Gasteiger partial charge >= 0.3 is 0 Å². The average Bonchev–Trinajstić information content (AvgIpc) is 3.09. The SMILES string of the molecule is O=C(c1cccs1)C(Cc1ccc(Cl)cc1)c1cnccn1. The number of aromatic nitrogens is 2. The highest BCUT2D eigenvalue weighted by Crippen LogP contribution is 2.26. The van der Waals surface area contributed by atoms with Crippen molar-refractivity contribution in [3.63, 3.8) is 0 Å². The minimum absolute atomic E-state index is 0.0745. The zero-order chi connectivity index (χ0) is 15.4. The number of hydrogen-bond acceptors (Lipinski definition) is 4. The molecule has 2 aromatic heterocycles. The second-order valence-electron chi connectivity index (χ2n) is 4.86. The molecule has 1 unspecified atom stereocenters. The zero-order valence-electron chi connectivity index (χ0n) is 11.6. The van der Waals surface area contributed by atoms with Crippen LogP contribution < -0.4 is 0 Å². The van der Waals surface area contributed by atoms with Crippen LogP contribution in [0.4, 0.5) is 0 Å². The van der Waals surface area contributed by atoms with Crippen LogP contribution in [-0.4, -0.2) is 15.8 Å². The van der Waals surface area contributed by atoms with Gasteiger partial charge in [-0.3, -0.25) is 14.8 Å². The third kappa shape index (κ3) is 3.40. The van der Waals surface area contributed by atoms with Gasteiger partial charge in [0.05, 0.1) is 16.5 Å². The molecule has 5 heteroatoms. The van der Waals surface area contributed by atoms with E-state index >= 15 is 0 Å². The summed E-state index contributed by atoms with van der Waals surface area (Å²) in [5, 5.41) is 2.59. The number of thiophene rings is 1. The summed E-state index contributed by atoms with van der Waals surface area (Å²) in [6.07, 6.45) is 5.46. The number of carbonyl (C=O) groups excluding carboxylic acids is 1. The smallest absolute Gasteiger partial charge is 0.182 e. The van der Waals surface area contributed by atoms with Crippen molar-refractivity contribution in [1.82, 2.24) is 9.97 Å². The van der Waals surface area contributed by atoms with Gasteiger partial charge < -0.3 is 0 Å². The van der Waals surface area contributed by atoms with Gasteiger partial charge in [-0.25, -0.2) is 0 Å². The maximum Gasteiger partial charge on any atom is 0.182 e. The molecule has 2 heterocycles. The Morgan fingerprint density at radius 3 is 2.64 bits per heavy atom. The molecule has 0 aliphatic carbocycles. The number of hydrogen-bond donors (Lipinski definition) is 0. The van der Waals surface area contributed by atoms with Crippen LogP contribution in [0.1, 0.15) is 26.8 Å². The Balaban J connectivity index is 1.92. The van der Waals surface area contributed by atoms with Crippen molar-refractivity contribution < 1.29 is 4.79 Å². The Hall–Kier alpha value is -2.04. The molecule has 110 valence electrons. The van der Waals surface area contributed by atoms with Crippen molar-refractivity contribution in [3.8, 4) is 0 Å². The zero-order valence-corrected chi connectivity index (χ0v) is 13.2. The van der Waals surface area contributed by atoms with Gasteiger partial charge in [0.2, 0.25) is 0 Å². The molecule has 0 fully saturated rings. The molecule has 0 amide bonds. The first-order chi connectivity index (χ1) is 10.7. The normalized spacial score (nSPS) is 12.0. The lowest BCUT2D eigenvalue weighted by Crippen LogP contribution is -2.16. The molecule has 0 aliphatic rings. The molecule has 0 radical (unpaired) electrons. The van der Waals surface area contributed by atoms with Crippen LogP contribution in [0, 0.1) is 0 Å². The summed E-state index contributed by atoms with van der Waals surface area (Å²) in [6.45, 7) is 0. The summed E-state index contributed by atoms with van der Waals surface area (Å²) in [4.78, 5) is 21.9. The van der Waals surface area contributed by atoms with Gasteiger partial charge in [-0.1, -0.05) is 29.8 Å². The molecule has 3 aromatic rings. The largest absolute Gasteiger partial charge is 0.293 e. The maximum atomic E-state index is 12.8. The maximum absolute atomic E-state index is 12.8. The van der Waals surface area contributed by atoms with Gasteiger partial charge in [0.1, 0.15) is 0 Å². The van der Waals surface area contributed by atoms with Crippen molar-refractivity contribution in [1.29, 1.82) is 0 Å². The Bertz CT molecular complexity index is 742. The predicted octanol–water partition coefficient (Wildman–Crippen LogP) is 4.40. The number of nitrogens with zero attached hydrogens (tertiary/aromatic N) is 2. The van der Waals surface area contributed by atoms with Crippen LogP contribution in [-0.2, 0) is 6.42 Å². The summed E-state index contributed by atoms with van der Waals surface area (Å²) >= 11 is 7.37. The van der Waals surface area contributed by atoms with Crippen LogP contribution >= 0.6 is 22.9 Å². The molecule has 3 nitrogen and oxygen atoms in total. The second kappa shape index (κ2) is 6.81. The molecular weight excluding hydrogens is 316 g/mol. The number of ketones is 1. The van der Waals surface area contributed by atoms with Crippen molar-refractivity contribution >= 4 is 28.7 Å². The summed E-state index contributed by atoms with van der Waals surface area (Å²) in [6, 6.07) is 11.3. The average molecular weight is 329 g/mol. The lowest BCUT2D eigenvalue weighted by molar-refractivity contribution is 0.0961. The highest BCUT2D eigenvalue weighted by Gasteiger charge is 2.24. The molecule has 1 atom stereocenters. The predicted molar refractivity (Wildman–Crippen MR) is 88.6 cm³/mol. The highest BCUT2D eigenvalue weighted by molar-refractivity contribution is 7.12. The number of rotatable bonds is 5. The van der Waals surface area contributed by atoms with Crippen LogP contribution in [0.15, 0.2) is 60.4 Å². The summed E-state index contributed by atoms with van der Waals surface area (Å²) in [5.74, 6) is -0.265. The number of Topliss-reactive ketones (excluding diaryl/α,β-unsaturated/α-hetero) is 1. The number of halogens is 1. The van der Waals surface area contributed by atoms with Crippen molar-refractivity contribution in [2.45, 2.75) is 12.3 Å². The molecular formula is C17H13ClN2OS. The third-order valence-electron chi connectivity index (χ3n) is 3.37. The quantitative estimate of drug-likeness (QED) is 0.652. The first-order valence-electron chi connectivity index (χ1n) is 6.82. The molecule has 3 rings (SSSR count). The van der Waals surface area contributed by atoms with Gasteiger partial charge in [-0.05, 0) is 35.6 Å². The summed E-state index contributed by atoms with van der Waals surface area (Å²) in [5.41, 5.74) is 1.74. The van der Waals surface area contributed by atoms with E-state index in [4.69, 9.17) is 11.6 Å². The second-order valence-corrected chi connectivity index (χ2v) is 6.24. The van der Waals surface area contributed by atoms with Gasteiger partial charge in [-0.15, -0.1) is 11.3 Å². The van der Waals surface area contributed by atoms with Gasteiger partial charge in [0.15, 0.2) is 5.78 Å². The Morgan fingerprint density at radius 2 is 2.00 bits per heavy atom. The van der Waals surface area contributed by atoms with Gasteiger partial charge in [-0.2, -0.15) is 0 Å². The lowest BCUT2D eigenvalue weighted by atomic mass is 9.91. The fourth-order valence-electron chi connectivity index (χ4n) is 2.27. The van der Waals surface area contributed by atoms with E-state index in [1.165, 1.54) is 11.3 Å². The van der Waals surface area contributed by atoms with E-state index in [0.29, 0.717) is 17.1 Å². The molecule has 0 saturated carbocycles. The van der Waals surface area contributed by atoms with Crippen molar-refractivity contribution in [2.75, 3.05) is 0 Å². The van der Waals surface area contributed by atoms with E-state index in [1.54, 1.807) is 18.6 Å². The summed E-state index contributed by atoms with van der Waals surface area (Å²) < 4.78 is 0. The van der Waals surface area contributed by atoms with E-state index < -0.39 is 0 Å².